The van der Waals surface area contributed by atoms with Crippen LogP contribution in [0.3, 0.4) is 0 Å². The average Bonchev–Trinajstić information content (AvgIpc) is 2.70. The first-order chi connectivity index (χ1) is 8.62. The molecule has 18 heavy (non-hydrogen) atoms. The summed E-state index contributed by atoms with van der Waals surface area (Å²) in [7, 11) is 2.01. The smallest absolute Gasteiger partial charge is 0.125 e. The first kappa shape index (κ1) is 11.6. The largest absolute Gasteiger partial charge is 0.507 e. The van der Waals surface area contributed by atoms with E-state index in [2.05, 4.69) is 10.8 Å². The maximum atomic E-state index is 10.1. The summed E-state index contributed by atoms with van der Waals surface area (Å²) in [5, 5.41) is 11.1. The van der Waals surface area contributed by atoms with Gasteiger partial charge in [-0.05, 0) is 25.0 Å². The Morgan fingerprint density at radius 3 is 2.67 bits per heavy atom. The highest BCUT2D eigenvalue weighted by atomic mass is 16.3. The van der Waals surface area contributed by atoms with Crippen LogP contribution in [-0.2, 0) is 12.6 Å². The minimum Gasteiger partial charge on any atom is -0.507 e. The molecule has 0 unspecified atom stereocenters. The minimum atomic E-state index is -0.267. The molecule has 1 heterocycles. The van der Waals surface area contributed by atoms with Crippen LogP contribution in [0.2, 0.25) is 0 Å². The first-order valence-corrected chi connectivity index (χ1v) is 6.68. The lowest BCUT2D eigenvalue weighted by atomic mass is 9.77. The number of phenols is 1. The predicted octanol–water partition coefficient (Wildman–Crippen LogP) is 3.00. The summed E-state index contributed by atoms with van der Waals surface area (Å²) in [5.74, 6) is 0.346. The number of hydrogen-bond donors (Lipinski definition) is 2. The third-order valence-electron chi connectivity index (χ3n) is 4.27. The predicted molar refractivity (Wildman–Crippen MR) is 73.5 cm³/mol. The van der Waals surface area contributed by atoms with Crippen molar-refractivity contribution in [2.45, 2.75) is 37.6 Å². The molecule has 0 bridgehead atoms. The number of phenolic OH excluding ortho intramolecular Hbond substituents is 1. The number of rotatable bonds is 1. The molecule has 3 N–H and O–H groups in total. The van der Waals surface area contributed by atoms with Gasteiger partial charge >= 0.3 is 0 Å². The Balaban J connectivity index is 2.23. The molecule has 0 atom stereocenters. The summed E-state index contributed by atoms with van der Waals surface area (Å²) >= 11 is 0. The molecule has 3 heteroatoms. The fourth-order valence-electron chi connectivity index (χ4n) is 3.26. The lowest BCUT2D eigenvalue weighted by Gasteiger charge is -2.33. The maximum absolute atomic E-state index is 10.1. The minimum absolute atomic E-state index is 0.267. The summed E-state index contributed by atoms with van der Waals surface area (Å²) in [5.41, 5.74) is 8.50. The molecular weight excluding hydrogens is 224 g/mol. The van der Waals surface area contributed by atoms with Gasteiger partial charge in [0.05, 0.1) is 5.52 Å². The second-order valence-electron chi connectivity index (χ2n) is 5.54. The molecular formula is C15H20N2O. The SMILES string of the molecule is Cn1cc(C2(N)CCCCC2)c2c(O)cccc21. The lowest BCUT2D eigenvalue weighted by Crippen LogP contribution is -2.38. The molecule has 1 aliphatic carbocycles. The Labute approximate surface area is 107 Å². The molecule has 0 aliphatic heterocycles. The normalized spacial score (nSPS) is 19.2. The monoisotopic (exact) mass is 244 g/mol. The van der Waals surface area contributed by atoms with E-state index in [1.165, 1.54) is 19.3 Å². The van der Waals surface area contributed by atoms with E-state index in [1.54, 1.807) is 6.07 Å². The quantitative estimate of drug-likeness (QED) is 0.810. The van der Waals surface area contributed by atoms with Crippen LogP contribution < -0.4 is 5.73 Å². The molecule has 0 spiro atoms. The Kier molecular flexibility index (Phi) is 2.59. The van der Waals surface area contributed by atoms with Gasteiger partial charge in [-0.1, -0.05) is 25.3 Å². The van der Waals surface area contributed by atoms with Crippen molar-refractivity contribution in [2.24, 2.45) is 12.8 Å². The van der Waals surface area contributed by atoms with E-state index >= 15 is 0 Å². The molecule has 1 aromatic carbocycles. The van der Waals surface area contributed by atoms with E-state index in [0.29, 0.717) is 5.75 Å². The highest BCUT2D eigenvalue weighted by molar-refractivity contribution is 5.90. The van der Waals surface area contributed by atoms with E-state index in [-0.39, 0.29) is 5.54 Å². The molecule has 3 rings (SSSR count). The summed E-state index contributed by atoms with van der Waals surface area (Å²) in [6.45, 7) is 0. The van der Waals surface area contributed by atoms with Crippen molar-refractivity contribution < 1.29 is 5.11 Å². The number of aromatic nitrogens is 1. The Hall–Kier alpha value is -1.48. The molecule has 0 saturated heterocycles. The standard InChI is InChI=1S/C15H20N2O/c1-17-10-11(15(16)8-3-2-4-9-15)14-12(17)6-5-7-13(14)18/h5-7,10,18H,2-4,8-9,16H2,1H3. The number of aryl methyl sites for hydroxylation is 1. The fourth-order valence-corrected chi connectivity index (χ4v) is 3.26. The number of benzene rings is 1. The van der Waals surface area contributed by atoms with E-state index in [4.69, 9.17) is 5.73 Å². The summed E-state index contributed by atoms with van der Waals surface area (Å²) in [6.07, 6.45) is 7.76. The van der Waals surface area contributed by atoms with Crippen LogP contribution in [0, 0.1) is 0 Å². The molecule has 2 aromatic rings. The van der Waals surface area contributed by atoms with Crippen LogP contribution in [0.1, 0.15) is 37.7 Å². The van der Waals surface area contributed by atoms with Crippen LogP contribution in [0.25, 0.3) is 10.9 Å². The average molecular weight is 244 g/mol. The molecule has 1 saturated carbocycles. The lowest BCUT2D eigenvalue weighted by molar-refractivity contribution is 0.303. The van der Waals surface area contributed by atoms with Gasteiger partial charge in [-0.15, -0.1) is 0 Å². The van der Waals surface area contributed by atoms with Gasteiger partial charge in [0.15, 0.2) is 0 Å². The van der Waals surface area contributed by atoms with E-state index < -0.39 is 0 Å². The van der Waals surface area contributed by atoms with Gasteiger partial charge in [0, 0.05) is 29.7 Å². The Bertz CT molecular complexity index is 579. The van der Waals surface area contributed by atoms with Crippen molar-refractivity contribution in [3.63, 3.8) is 0 Å². The summed E-state index contributed by atoms with van der Waals surface area (Å²) in [4.78, 5) is 0. The second-order valence-corrected chi connectivity index (χ2v) is 5.54. The third kappa shape index (κ3) is 1.62. The number of hydrogen-bond acceptors (Lipinski definition) is 2. The maximum Gasteiger partial charge on any atom is 0.125 e. The molecule has 3 nitrogen and oxygen atoms in total. The number of aromatic hydroxyl groups is 1. The van der Waals surface area contributed by atoms with Gasteiger partial charge in [0.25, 0.3) is 0 Å². The summed E-state index contributed by atoms with van der Waals surface area (Å²) in [6, 6.07) is 5.66. The first-order valence-electron chi connectivity index (χ1n) is 6.68. The van der Waals surface area contributed by atoms with Crippen LogP contribution in [-0.4, -0.2) is 9.67 Å². The van der Waals surface area contributed by atoms with Gasteiger partial charge in [-0.3, -0.25) is 0 Å². The zero-order valence-electron chi connectivity index (χ0n) is 10.8. The topological polar surface area (TPSA) is 51.2 Å². The Morgan fingerprint density at radius 1 is 1.22 bits per heavy atom. The molecule has 0 radical (unpaired) electrons. The van der Waals surface area contributed by atoms with E-state index in [9.17, 15) is 5.11 Å². The number of fused-ring (bicyclic) bond motifs is 1. The zero-order chi connectivity index (χ0) is 12.8. The molecule has 96 valence electrons. The summed E-state index contributed by atoms with van der Waals surface area (Å²) < 4.78 is 2.06. The van der Waals surface area contributed by atoms with Crippen molar-refractivity contribution in [2.75, 3.05) is 0 Å². The van der Waals surface area contributed by atoms with Gasteiger partial charge < -0.3 is 15.4 Å². The van der Waals surface area contributed by atoms with E-state index in [1.807, 2.05) is 19.2 Å². The van der Waals surface area contributed by atoms with Gasteiger partial charge in [-0.2, -0.15) is 0 Å². The van der Waals surface area contributed by atoms with Crippen LogP contribution >= 0.6 is 0 Å². The van der Waals surface area contributed by atoms with Crippen LogP contribution in [0.15, 0.2) is 24.4 Å². The van der Waals surface area contributed by atoms with Crippen molar-refractivity contribution in [1.82, 2.24) is 4.57 Å². The second kappa shape index (κ2) is 4.02. The highest BCUT2D eigenvalue weighted by Gasteiger charge is 2.32. The zero-order valence-corrected chi connectivity index (χ0v) is 10.8. The van der Waals surface area contributed by atoms with Crippen molar-refractivity contribution >= 4 is 10.9 Å². The van der Waals surface area contributed by atoms with Crippen LogP contribution in [0.4, 0.5) is 0 Å². The molecule has 1 aliphatic rings. The molecule has 1 aromatic heterocycles. The van der Waals surface area contributed by atoms with E-state index in [0.717, 1.165) is 29.3 Å². The van der Waals surface area contributed by atoms with Crippen LogP contribution in [0.5, 0.6) is 5.75 Å². The van der Waals surface area contributed by atoms with Crippen molar-refractivity contribution in [3.8, 4) is 5.75 Å². The molecule has 1 fully saturated rings. The van der Waals surface area contributed by atoms with Crippen molar-refractivity contribution in [1.29, 1.82) is 0 Å². The number of nitrogens with zero attached hydrogens (tertiary/aromatic N) is 1. The van der Waals surface area contributed by atoms with Crippen molar-refractivity contribution in [3.05, 3.63) is 30.0 Å². The third-order valence-corrected chi connectivity index (χ3v) is 4.27. The Morgan fingerprint density at radius 2 is 1.94 bits per heavy atom. The van der Waals surface area contributed by atoms with Gasteiger partial charge in [0.2, 0.25) is 0 Å². The molecule has 0 amide bonds. The fraction of sp³-hybridized carbons (Fsp3) is 0.467. The van der Waals surface area contributed by atoms with Gasteiger partial charge in [-0.25, -0.2) is 0 Å². The highest BCUT2D eigenvalue weighted by Crippen LogP contribution is 2.41. The number of nitrogens with two attached hydrogens (primary N) is 1. The van der Waals surface area contributed by atoms with Gasteiger partial charge in [0.1, 0.15) is 5.75 Å².